The predicted octanol–water partition coefficient (Wildman–Crippen LogP) is 3.04. The number of esters is 1. The summed E-state index contributed by atoms with van der Waals surface area (Å²) in [6.45, 7) is 1.66. The normalized spacial score (nSPS) is 11.5. The Kier molecular flexibility index (Phi) is 7.39. The number of nitro benzene ring substituents is 2. The Morgan fingerprint density at radius 2 is 1.80 bits per heavy atom. The molecule has 0 unspecified atom stereocenters. The van der Waals surface area contributed by atoms with Crippen molar-refractivity contribution in [1.82, 2.24) is 5.32 Å². The van der Waals surface area contributed by atoms with Gasteiger partial charge in [0.25, 0.3) is 17.3 Å². The van der Waals surface area contributed by atoms with Crippen LogP contribution in [0.4, 0.5) is 11.4 Å². The maximum Gasteiger partial charge on any atom is 0.349 e. The molecule has 0 aliphatic carbocycles. The minimum Gasteiger partial charge on any atom is -0.493 e. The Hall–Kier alpha value is -4.81. The highest BCUT2D eigenvalue weighted by atomic mass is 16.6. The number of rotatable bonds is 9. The molecule has 0 saturated heterocycles. The molecule has 13 nitrogen and oxygen atoms in total. The van der Waals surface area contributed by atoms with E-state index in [-0.39, 0.29) is 46.7 Å². The third-order valence-corrected chi connectivity index (χ3v) is 4.92. The predicted molar refractivity (Wildman–Crippen MR) is 120 cm³/mol. The molecule has 1 aromatic heterocycles. The first-order valence-corrected chi connectivity index (χ1v) is 10.2. The van der Waals surface area contributed by atoms with E-state index in [1.54, 1.807) is 6.92 Å². The molecule has 3 aromatic rings. The molecule has 0 saturated carbocycles. The summed E-state index contributed by atoms with van der Waals surface area (Å²) in [4.78, 5) is 58.7. The molecular formula is C22H19N3O10. The van der Waals surface area contributed by atoms with Crippen molar-refractivity contribution in [1.29, 1.82) is 0 Å². The first-order chi connectivity index (χ1) is 16.6. The van der Waals surface area contributed by atoms with E-state index in [9.17, 15) is 34.6 Å². The number of carbonyl (C=O) groups excluding carboxylic acids is 2. The summed E-state index contributed by atoms with van der Waals surface area (Å²) in [6.07, 6.45) is -0.376. The van der Waals surface area contributed by atoms with Crippen LogP contribution in [0, 0.1) is 20.2 Å². The number of hydrogen-bond donors (Lipinski definition) is 1. The lowest BCUT2D eigenvalue weighted by Crippen LogP contribution is -2.33. The van der Waals surface area contributed by atoms with Crippen molar-refractivity contribution in [2.24, 2.45) is 0 Å². The molecule has 0 aliphatic rings. The van der Waals surface area contributed by atoms with Crippen LogP contribution in [0.5, 0.6) is 5.75 Å². The van der Waals surface area contributed by atoms with Gasteiger partial charge in [0.15, 0.2) is 11.3 Å². The van der Waals surface area contributed by atoms with E-state index in [0.717, 1.165) is 18.2 Å². The lowest BCUT2D eigenvalue weighted by Gasteiger charge is -2.18. The van der Waals surface area contributed by atoms with Crippen LogP contribution in [-0.2, 0) is 9.53 Å². The van der Waals surface area contributed by atoms with E-state index in [4.69, 9.17) is 13.9 Å². The Balaban J connectivity index is 2.03. The monoisotopic (exact) mass is 485 g/mol. The van der Waals surface area contributed by atoms with Gasteiger partial charge in [0.2, 0.25) is 0 Å². The summed E-state index contributed by atoms with van der Waals surface area (Å²) >= 11 is 0. The topological polar surface area (TPSA) is 181 Å². The maximum atomic E-state index is 13.0. The molecule has 35 heavy (non-hydrogen) atoms. The number of ether oxygens (including phenoxy) is 2. The Morgan fingerprint density at radius 1 is 1.09 bits per heavy atom. The van der Waals surface area contributed by atoms with E-state index in [1.165, 1.54) is 31.4 Å². The van der Waals surface area contributed by atoms with Crippen LogP contribution in [0.15, 0.2) is 51.7 Å². The Morgan fingerprint density at radius 3 is 2.43 bits per heavy atom. The van der Waals surface area contributed by atoms with E-state index >= 15 is 0 Å². The second kappa shape index (κ2) is 10.4. The molecule has 0 aliphatic heterocycles. The zero-order valence-electron chi connectivity index (χ0n) is 18.5. The largest absolute Gasteiger partial charge is 0.493 e. The molecule has 2 aromatic carbocycles. The van der Waals surface area contributed by atoms with Crippen molar-refractivity contribution in [3.63, 3.8) is 0 Å². The fourth-order valence-electron chi connectivity index (χ4n) is 3.33. The van der Waals surface area contributed by atoms with E-state index in [0.29, 0.717) is 0 Å². The van der Waals surface area contributed by atoms with Crippen molar-refractivity contribution < 1.29 is 33.3 Å². The van der Waals surface area contributed by atoms with Gasteiger partial charge in [-0.2, -0.15) is 0 Å². The lowest BCUT2D eigenvalue weighted by molar-refractivity contribution is -0.385. The van der Waals surface area contributed by atoms with Gasteiger partial charge >= 0.3 is 11.6 Å². The number of carbonyl (C=O) groups is 2. The lowest BCUT2D eigenvalue weighted by atomic mass is 10.0. The number of benzene rings is 2. The zero-order chi connectivity index (χ0) is 25.7. The average Bonchev–Trinajstić information content (AvgIpc) is 2.82. The molecule has 3 rings (SSSR count). The van der Waals surface area contributed by atoms with Gasteiger partial charge in [0, 0.05) is 23.6 Å². The van der Waals surface area contributed by atoms with Crippen LogP contribution in [-0.4, -0.2) is 35.4 Å². The third kappa shape index (κ3) is 5.58. The van der Waals surface area contributed by atoms with Crippen LogP contribution in [0.2, 0.25) is 0 Å². The molecule has 182 valence electrons. The first-order valence-electron chi connectivity index (χ1n) is 10.2. The number of non-ortho nitro benzene ring substituents is 2. The minimum atomic E-state index is -1.09. The third-order valence-electron chi connectivity index (χ3n) is 4.92. The van der Waals surface area contributed by atoms with Crippen LogP contribution in [0.25, 0.3) is 11.0 Å². The Labute approximate surface area is 196 Å². The number of hydrogen-bond acceptors (Lipinski definition) is 10. The minimum absolute atomic E-state index is 0.0538. The van der Waals surface area contributed by atoms with E-state index in [2.05, 4.69) is 5.32 Å². The highest BCUT2D eigenvalue weighted by Gasteiger charge is 2.25. The van der Waals surface area contributed by atoms with Crippen molar-refractivity contribution in [3.8, 4) is 5.75 Å². The second-order valence-corrected chi connectivity index (χ2v) is 7.16. The zero-order valence-corrected chi connectivity index (χ0v) is 18.5. The fraction of sp³-hybridized carbons (Fsp3) is 0.227. The van der Waals surface area contributed by atoms with Crippen molar-refractivity contribution >= 4 is 34.2 Å². The van der Waals surface area contributed by atoms with Gasteiger partial charge < -0.3 is 19.2 Å². The first kappa shape index (κ1) is 24.8. The SMILES string of the molecule is CCOC(=O)C[C@H](NC(=O)c1cc2cc([N+](=O)[O-])cc(OC)c2oc1=O)c1cccc([N+](=O)[O-])c1. The molecule has 1 heterocycles. The van der Waals surface area contributed by atoms with Gasteiger partial charge in [-0.15, -0.1) is 0 Å². The number of methoxy groups -OCH3 is 1. The van der Waals surface area contributed by atoms with E-state index < -0.39 is 39.0 Å². The summed E-state index contributed by atoms with van der Waals surface area (Å²) < 4.78 is 15.2. The maximum absolute atomic E-state index is 13.0. The van der Waals surface area contributed by atoms with Crippen LogP contribution < -0.4 is 15.7 Å². The Bertz CT molecular complexity index is 1380. The highest BCUT2D eigenvalue weighted by molar-refractivity contribution is 5.98. The molecule has 1 amide bonds. The number of fused-ring (bicyclic) bond motifs is 1. The van der Waals surface area contributed by atoms with Gasteiger partial charge in [-0.25, -0.2) is 4.79 Å². The van der Waals surface area contributed by atoms with Gasteiger partial charge in [0.05, 0.1) is 42.1 Å². The molecule has 0 bridgehead atoms. The summed E-state index contributed by atoms with van der Waals surface area (Å²) in [5, 5.41) is 24.9. The molecule has 1 N–H and O–H groups in total. The number of nitrogens with one attached hydrogen (secondary N) is 1. The van der Waals surface area contributed by atoms with Crippen LogP contribution in [0.1, 0.15) is 35.3 Å². The van der Waals surface area contributed by atoms with E-state index in [1.807, 2.05) is 0 Å². The van der Waals surface area contributed by atoms with Gasteiger partial charge in [-0.1, -0.05) is 12.1 Å². The molecule has 0 radical (unpaired) electrons. The number of nitrogens with zero attached hydrogens (tertiary/aromatic N) is 2. The highest BCUT2D eigenvalue weighted by Crippen LogP contribution is 2.31. The second-order valence-electron chi connectivity index (χ2n) is 7.16. The van der Waals surface area contributed by atoms with Gasteiger partial charge in [0.1, 0.15) is 5.56 Å². The number of amides is 1. The number of nitro groups is 2. The molecule has 13 heteroatoms. The van der Waals surface area contributed by atoms with Gasteiger partial charge in [-0.05, 0) is 18.6 Å². The van der Waals surface area contributed by atoms with Crippen molar-refractivity contribution in [2.75, 3.05) is 13.7 Å². The van der Waals surface area contributed by atoms with Crippen molar-refractivity contribution in [3.05, 3.63) is 84.2 Å². The molecule has 1 atom stereocenters. The quantitative estimate of drug-likeness (QED) is 0.205. The molecule has 0 spiro atoms. The average molecular weight is 485 g/mol. The molecular weight excluding hydrogens is 466 g/mol. The summed E-state index contributed by atoms with van der Waals surface area (Å²) in [5.74, 6) is -1.72. The fourth-order valence-corrected chi connectivity index (χ4v) is 3.33. The summed E-state index contributed by atoms with van der Waals surface area (Å²) in [5.41, 5.74) is -2.05. The van der Waals surface area contributed by atoms with Crippen LogP contribution in [0.3, 0.4) is 0 Å². The smallest absolute Gasteiger partial charge is 0.349 e. The summed E-state index contributed by atoms with van der Waals surface area (Å²) in [7, 11) is 1.23. The standard InChI is InChI=1S/C22H19N3O10/c1-3-34-19(26)11-17(12-5-4-6-14(7-12)24(29)30)23-21(27)16-9-13-8-15(25(31)32)10-18(33-2)20(13)35-22(16)28/h4-10,17H,3,11H2,1-2H3,(H,23,27)/t17-/m0/s1. The molecule has 0 fully saturated rings. The van der Waals surface area contributed by atoms with Gasteiger partial charge in [-0.3, -0.25) is 29.8 Å². The van der Waals surface area contributed by atoms with Crippen LogP contribution >= 0.6 is 0 Å². The summed E-state index contributed by atoms with van der Waals surface area (Å²) in [6, 6.07) is 7.46. The van der Waals surface area contributed by atoms with Crippen molar-refractivity contribution in [2.45, 2.75) is 19.4 Å².